The third-order valence-corrected chi connectivity index (χ3v) is 7.29. The molecule has 0 aliphatic carbocycles. The molecular weight excluding hydrogens is 400 g/mol. The fraction of sp³-hybridized carbons (Fsp3) is 0.227. The summed E-state index contributed by atoms with van der Waals surface area (Å²) in [5, 5.41) is 15.0. The molecule has 1 aliphatic heterocycles. The normalized spacial score (nSPS) is 14.5. The van der Waals surface area contributed by atoms with Gasteiger partial charge in [-0.2, -0.15) is 0 Å². The Morgan fingerprint density at radius 1 is 0.931 bits per heavy atom. The average Bonchev–Trinajstić information content (AvgIpc) is 3.46. The highest BCUT2D eigenvalue weighted by Crippen LogP contribution is 2.32. The molecule has 4 aromatic rings. The number of nitrogens with zero attached hydrogens (tertiary/aromatic N) is 4. The number of carbonyl (C=O) groups excluding carboxylic acids is 1. The first-order valence-electron chi connectivity index (χ1n) is 9.65. The third kappa shape index (κ3) is 3.75. The van der Waals surface area contributed by atoms with Gasteiger partial charge in [0.05, 0.1) is 11.3 Å². The molecule has 0 spiro atoms. The second-order valence-corrected chi connectivity index (χ2v) is 8.95. The Morgan fingerprint density at radius 3 is 2.59 bits per heavy atom. The van der Waals surface area contributed by atoms with Crippen LogP contribution < -0.4 is 4.90 Å². The SMILES string of the molecule is O=C(Cc1cccc2ccccc12)N1CCN(c2nnc(-c3cccs3)s2)CC1. The molecular formula is C22H20N4OS2. The van der Waals surface area contributed by atoms with Crippen LogP contribution in [0.1, 0.15) is 5.56 Å². The fourth-order valence-corrected chi connectivity index (χ4v) is 5.40. The van der Waals surface area contributed by atoms with Crippen LogP contribution >= 0.6 is 22.7 Å². The minimum Gasteiger partial charge on any atom is -0.343 e. The average molecular weight is 421 g/mol. The Bertz CT molecular complexity index is 1130. The number of aromatic nitrogens is 2. The first kappa shape index (κ1) is 18.3. The van der Waals surface area contributed by atoms with Crippen molar-refractivity contribution in [3.8, 4) is 9.88 Å². The Labute approximate surface area is 177 Å². The van der Waals surface area contributed by atoms with E-state index in [2.05, 4.69) is 50.8 Å². The highest BCUT2D eigenvalue weighted by Gasteiger charge is 2.24. The predicted octanol–water partition coefficient (Wildman–Crippen LogP) is 4.31. The molecule has 3 heterocycles. The van der Waals surface area contributed by atoms with E-state index in [9.17, 15) is 4.79 Å². The van der Waals surface area contributed by atoms with Crippen LogP contribution in [0.5, 0.6) is 0 Å². The molecule has 1 amide bonds. The van der Waals surface area contributed by atoms with Crippen LogP contribution in [-0.4, -0.2) is 47.2 Å². The summed E-state index contributed by atoms with van der Waals surface area (Å²) in [6.07, 6.45) is 0.447. The number of benzene rings is 2. The van der Waals surface area contributed by atoms with Gasteiger partial charge in [0.15, 0.2) is 5.01 Å². The molecule has 5 nitrogen and oxygen atoms in total. The van der Waals surface area contributed by atoms with Crippen LogP contribution in [0.3, 0.4) is 0 Å². The molecule has 0 N–H and O–H groups in total. The number of carbonyl (C=O) groups is 1. The van der Waals surface area contributed by atoms with Crippen molar-refractivity contribution in [1.82, 2.24) is 15.1 Å². The third-order valence-electron chi connectivity index (χ3n) is 5.27. The van der Waals surface area contributed by atoms with Crippen LogP contribution in [0.2, 0.25) is 0 Å². The molecule has 1 aliphatic rings. The lowest BCUT2D eigenvalue weighted by molar-refractivity contribution is -0.130. The van der Waals surface area contributed by atoms with Gasteiger partial charge < -0.3 is 9.80 Å². The van der Waals surface area contributed by atoms with Crippen molar-refractivity contribution < 1.29 is 4.79 Å². The predicted molar refractivity (Wildman–Crippen MR) is 120 cm³/mol. The summed E-state index contributed by atoms with van der Waals surface area (Å²) in [4.78, 5) is 18.3. The van der Waals surface area contributed by atoms with Crippen molar-refractivity contribution in [2.24, 2.45) is 0 Å². The van der Waals surface area contributed by atoms with Crippen molar-refractivity contribution in [1.29, 1.82) is 0 Å². The summed E-state index contributed by atoms with van der Waals surface area (Å²) in [5.41, 5.74) is 1.10. The van der Waals surface area contributed by atoms with E-state index in [-0.39, 0.29) is 5.91 Å². The van der Waals surface area contributed by atoms with E-state index in [1.165, 1.54) is 5.39 Å². The zero-order chi connectivity index (χ0) is 19.6. The van der Waals surface area contributed by atoms with Gasteiger partial charge in [0.25, 0.3) is 0 Å². The minimum absolute atomic E-state index is 0.192. The first-order chi connectivity index (χ1) is 14.3. The first-order valence-corrected chi connectivity index (χ1v) is 11.3. The second-order valence-electron chi connectivity index (χ2n) is 7.05. The molecule has 0 atom stereocenters. The second kappa shape index (κ2) is 7.93. The van der Waals surface area contributed by atoms with Gasteiger partial charge in [0, 0.05) is 26.2 Å². The molecule has 29 heavy (non-hydrogen) atoms. The van der Waals surface area contributed by atoms with E-state index in [0.29, 0.717) is 6.42 Å². The van der Waals surface area contributed by atoms with Crippen LogP contribution in [0, 0.1) is 0 Å². The summed E-state index contributed by atoms with van der Waals surface area (Å²) in [5.74, 6) is 0.192. The molecule has 7 heteroatoms. The minimum atomic E-state index is 0.192. The smallest absolute Gasteiger partial charge is 0.227 e. The summed E-state index contributed by atoms with van der Waals surface area (Å²) >= 11 is 3.30. The van der Waals surface area contributed by atoms with Crippen molar-refractivity contribution in [3.05, 3.63) is 65.5 Å². The molecule has 1 fully saturated rings. The summed E-state index contributed by atoms with van der Waals surface area (Å²) in [6, 6.07) is 18.5. The zero-order valence-electron chi connectivity index (χ0n) is 15.8. The summed E-state index contributed by atoms with van der Waals surface area (Å²) in [6.45, 7) is 3.02. The van der Waals surface area contributed by atoms with E-state index < -0.39 is 0 Å². The van der Waals surface area contributed by atoms with E-state index in [1.807, 2.05) is 29.2 Å². The molecule has 0 radical (unpaired) electrons. The van der Waals surface area contributed by atoms with Crippen molar-refractivity contribution in [3.63, 3.8) is 0 Å². The number of fused-ring (bicyclic) bond motifs is 1. The van der Waals surface area contributed by atoms with E-state index >= 15 is 0 Å². The fourth-order valence-electron chi connectivity index (χ4n) is 3.71. The summed E-state index contributed by atoms with van der Waals surface area (Å²) < 4.78 is 0. The number of anilines is 1. The van der Waals surface area contributed by atoms with Gasteiger partial charge in [-0.25, -0.2) is 0 Å². The van der Waals surface area contributed by atoms with Crippen molar-refractivity contribution >= 4 is 44.5 Å². The lowest BCUT2D eigenvalue weighted by Crippen LogP contribution is -2.49. The van der Waals surface area contributed by atoms with Gasteiger partial charge >= 0.3 is 0 Å². The van der Waals surface area contributed by atoms with Crippen molar-refractivity contribution in [2.75, 3.05) is 31.1 Å². The molecule has 2 aromatic heterocycles. The highest BCUT2D eigenvalue weighted by atomic mass is 32.1. The topological polar surface area (TPSA) is 49.3 Å². The maximum atomic E-state index is 12.9. The molecule has 0 saturated carbocycles. The Balaban J connectivity index is 1.23. The number of hydrogen-bond acceptors (Lipinski definition) is 6. The maximum Gasteiger partial charge on any atom is 0.227 e. The van der Waals surface area contributed by atoms with E-state index in [0.717, 1.165) is 52.1 Å². The summed E-state index contributed by atoms with van der Waals surface area (Å²) in [7, 11) is 0. The number of piperazine rings is 1. The molecule has 2 aromatic carbocycles. The lowest BCUT2D eigenvalue weighted by Gasteiger charge is -2.34. The van der Waals surface area contributed by atoms with E-state index in [1.54, 1.807) is 22.7 Å². The Kier molecular flexibility index (Phi) is 4.99. The van der Waals surface area contributed by atoms with Gasteiger partial charge in [-0.1, -0.05) is 59.9 Å². The largest absolute Gasteiger partial charge is 0.343 e. The molecule has 0 bridgehead atoms. The van der Waals surface area contributed by atoms with Crippen LogP contribution in [0.4, 0.5) is 5.13 Å². The lowest BCUT2D eigenvalue weighted by atomic mass is 10.0. The van der Waals surface area contributed by atoms with E-state index in [4.69, 9.17) is 0 Å². The van der Waals surface area contributed by atoms with Gasteiger partial charge in [-0.05, 0) is 27.8 Å². The number of hydrogen-bond donors (Lipinski definition) is 0. The van der Waals surface area contributed by atoms with Crippen LogP contribution in [0.15, 0.2) is 60.0 Å². The maximum absolute atomic E-state index is 12.9. The quantitative estimate of drug-likeness (QED) is 0.494. The Hall–Kier alpha value is -2.77. The highest BCUT2D eigenvalue weighted by molar-refractivity contribution is 7.22. The molecule has 0 unspecified atom stereocenters. The van der Waals surface area contributed by atoms with Crippen LogP contribution in [0.25, 0.3) is 20.7 Å². The van der Waals surface area contributed by atoms with Gasteiger partial charge in [0.2, 0.25) is 11.0 Å². The Morgan fingerprint density at radius 2 is 1.76 bits per heavy atom. The monoisotopic (exact) mass is 420 g/mol. The van der Waals surface area contributed by atoms with Gasteiger partial charge in [0.1, 0.15) is 0 Å². The van der Waals surface area contributed by atoms with Gasteiger partial charge in [-0.3, -0.25) is 4.79 Å². The molecule has 146 valence electrons. The molecule has 1 saturated heterocycles. The van der Waals surface area contributed by atoms with Crippen molar-refractivity contribution in [2.45, 2.75) is 6.42 Å². The number of amides is 1. The van der Waals surface area contributed by atoms with Gasteiger partial charge in [-0.15, -0.1) is 21.5 Å². The standard InChI is InChI=1S/C22H20N4OS2/c27-20(15-17-7-3-6-16-5-1-2-8-18(16)17)25-10-12-26(13-11-25)22-24-23-21(29-22)19-9-4-14-28-19/h1-9,14H,10-13,15H2. The zero-order valence-corrected chi connectivity index (χ0v) is 17.5. The number of thiophene rings is 1. The molecule has 5 rings (SSSR count). The van der Waals surface area contributed by atoms with Crippen LogP contribution in [-0.2, 0) is 11.2 Å². The number of rotatable bonds is 4.